The summed E-state index contributed by atoms with van der Waals surface area (Å²) in [5, 5.41) is 2.86. The lowest BCUT2D eigenvalue weighted by atomic mass is 10.1. The zero-order valence-electron chi connectivity index (χ0n) is 13.5. The van der Waals surface area contributed by atoms with E-state index in [0.717, 1.165) is 37.2 Å². The summed E-state index contributed by atoms with van der Waals surface area (Å²) in [6.45, 7) is 2.16. The quantitative estimate of drug-likeness (QED) is 0.828. The number of para-hydroxylation sites is 1. The number of nitrogens with one attached hydrogen (secondary N) is 1. The third kappa shape index (κ3) is 5.78. The number of rotatable bonds is 7. The van der Waals surface area contributed by atoms with Gasteiger partial charge in [0.05, 0.1) is 18.6 Å². The maximum atomic E-state index is 12.0. The molecule has 1 aliphatic heterocycles. The van der Waals surface area contributed by atoms with Crippen molar-refractivity contribution in [3.63, 3.8) is 0 Å². The van der Waals surface area contributed by atoms with Crippen LogP contribution in [0.25, 0.3) is 0 Å². The minimum atomic E-state index is -0.0626. The van der Waals surface area contributed by atoms with Crippen LogP contribution >= 0.6 is 11.8 Å². The van der Waals surface area contributed by atoms with Gasteiger partial charge < -0.3 is 15.0 Å². The Morgan fingerprint density at radius 2 is 1.91 bits per heavy atom. The van der Waals surface area contributed by atoms with E-state index < -0.39 is 0 Å². The summed E-state index contributed by atoms with van der Waals surface area (Å²) in [4.78, 5) is 25.8. The summed E-state index contributed by atoms with van der Waals surface area (Å²) in [6.07, 6.45) is 3.40. The lowest BCUT2D eigenvalue weighted by Crippen LogP contribution is -2.37. The lowest BCUT2D eigenvalue weighted by molar-refractivity contribution is -0.129. The number of methoxy groups -OCH3 is 1. The zero-order chi connectivity index (χ0) is 16.5. The lowest BCUT2D eigenvalue weighted by Gasteiger charge is -2.26. The molecule has 23 heavy (non-hydrogen) atoms. The molecule has 5 nitrogen and oxygen atoms in total. The number of ether oxygens (including phenoxy) is 1. The molecule has 0 aromatic heterocycles. The number of carbonyl (C=O) groups is 2. The second-order valence-corrected chi connectivity index (χ2v) is 6.51. The van der Waals surface area contributed by atoms with Gasteiger partial charge >= 0.3 is 0 Å². The Labute approximate surface area is 141 Å². The van der Waals surface area contributed by atoms with Gasteiger partial charge in [0.2, 0.25) is 11.8 Å². The molecule has 2 rings (SSSR count). The molecule has 1 aromatic rings. The van der Waals surface area contributed by atoms with E-state index >= 15 is 0 Å². The number of amides is 2. The molecule has 1 fully saturated rings. The smallest absolute Gasteiger partial charge is 0.232 e. The number of hydrogen-bond donors (Lipinski definition) is 1. The van der Waals surface area contributed by atoms with Gasteiger partial charge in [-0.15, -0.1) is 11.8 Å². The number of thioether (sulfide) groups is 1. The normalized spacial score (nSPS) is 14.4. The minimum absolute atomic E-state index is 0.0626. The van der Waals surface area contributed by atoms with Crippen molar-refractivity contribution in [3.05, 3.63) is 29.8 Å². The largest absolute Gasteiger partial charge is 0.496 e. The first kappa shape index (κ1) is 17.7. The SMILES string of the molecule is COc1ccccc1CNC(=O)CSCC(=O)N1CCCCC1. The van der Waals surface area contributed by atoms with Crippen molar-refractivity contribution >= 4 is 23.6 Å². The first-order valence-electron chi connectivity index (χ1n) is 7.95. The third-order valence-corrected chi connectivity index (χ3v) is 4.75. The molecule has 0 saturated carbocycles. The van der Waals surface area contributed by atoms with E-state index in [1.165, 1.54) is 18.2 Å². The van der Waals surface area contributed by atoms with Crippen molar-refractivity contribution in [1.82, 2.24) is 10.2 Å². The minimum Gasteiger partial charge on any atom is -0.496 e. The molecule has 0 spiro atoms. The number of benzene rings is 1. The van der Waals surface area contributed by atoms with Gasteiger partial charge in [-0.05, 0) is 25.3 Å². The molecule has 2 amide bonds. The van der Waals surface area contributed by atoms with Crippen molar-refractivity contribution < 1.29 is 14.3 Å². The number of hydrogen-bond acceptors (Lipinski definition) is 4. The summed E-state index contributed by atoms with van der Waals surface area (Å²) in [5.74, 6) is 1.52. The maximum absolute atomic E-state index is 12.0. The highest BCUT2D eigenvalue weighted by atomic mass is 32.2. The summed E-state index contributed by atoms with van der Waals surface area (Å²) in [6, 6.07) is 7.60. The molecule has 6 heteroatoms. The van der Waals surface area contributed by atoms with Crippen LogP contribution < -0.4 is 10.1 Å². The van der Waals surface area contributed by atoms with E-state index in [9.17, 15) is 9.59 Å². The molecule has 1 saturated heterocycles. The van der Waals surface area contributed by atoms with E-state index in [2.05, 4.69) is 5.32 Å². The fourth-order valence-electron chi connectivity index (χ4n) is 2.56. The van der Waals surface area contributed by atoms with Gasteiger partial charge in [0, 0.05) is 25.2 Å². The van der Waals surface area contributed by atoms with Crippen molar-refractivity contribution in [3.8, 4) is 5.75 Å². The van der Waals surface area contributed by atoms with Crippen molar-refractivity contribution in [2.24, 2.45) is 0 Å². The van der Waals surface area contributed by atoms with Gasteiger partial charge in [0.1, 0.15) is 5.75 Å². The highest BCUT2D eigenvalue weighted by Gasteiger charge is 2.16. The molecule has 126 valence electrons. The monoisotopic (exact) mass is 336 g/mol. The van der Waals surface area contributed by atoms with Crippen molar-refractivity contribution in [2.75, 3.05) is 31.7 Å². The zero-order valence-corrected chi connectivity index (χ0v) is 14.4. The Morgan fingerprint density at radius 3 is 2.65 bits per heavy atom. The van der Waals surface area contributed by atoms with Crippen LogP contribution in [0.3, 0.4) is 0 Å². The van der Waals surface area contributed by atoms with Crippen LogP contribution in [0.5, 0.6) is 5.75 Å². The van der Waals surface area contributed by atoms with Crippen LogP contribution in [0.2, 0.25) is 0 Å². The first-order chi connectivity index (χ1) is 11.2. The molecule has 0 bridgehead atoms. The molecule has 1 aromatic carbocycles. The predicted octanol–water partition coefficient (Wildman–Crippen LogP) is 2.06. The second-order valence-electron chi connectivity index (χ2n) is 5.52. The van der Waals surface area contributed by atoms with Crippen molar-refractivity contribution in [2.45, 2.75) is 25.8 Å². The first-order valence-corrected chi connectivity index (χ1v) is 9.10. The predicted molar refractivity (Wildman–Crippen MR) is 92.6 cm³/mol. The van der Waals surface area contributed by atoms with Crippen LogP contribution in [-0.4, -0.2) is 48.4 Å². The van der Waals surface area contributed by atoms with E-state index in [0.29, 0.717) is 18.1 Å². The van der Waals surface area contributed by atoms with E-state index in [-0.39, 0.29) is 11.8 Å². The summed E-state index contributed by atoms with van der Waals surface area (Å²) in [7, 11) is 1.61. The van der Waals surface area contributed by atoms with Crippen LogP contribution in [0.15, 0.2) is 24.3 Å². The van der Waals surface area contributed by atoms with Gasteiger partial charge in [-0.1, -0.05) is 18.2 Å². The number of nitrogens with zero attached hydrogens (tertiary/aromatic N) is 1. The molecular formula is C17H24N2O3S. The number of carbonyl (C=O) groups excluding carboxylic acids is 2. The van der Waals surface area contributed by atoms with Crippen LogP contribution in [0, 0.1) is 0 Å². The Balaban J connectivity index is 1.66. The Bertz CT molecular complexity index is 530. The highest BCUT2D eigenvalue weighted by Crippen LogP contribution is 2.16. The molecule has 1 aliphatic rings. The Hall–Kier alpha value is -1.69. The van der Waals surface area contributed by atoms with Crippen molar-refractivity contribution in [1.29, 1.82) is 0 Å². The van der Waals surface area contributed by atoms with Crippen LogP contribution in [-0.2, 0) is 16.1 Å². The van der Waals surface area contributed by atoms with Crippen LogP contribution in [0.1, 0.15) is 24.8 Å². The topological polar surface area (TPSA) is 58.6 Å². The molecule has 1 heterocycles. The third-order valence-electron chi connectivity index (χ3n) is 3.84. The Morgan fingerprint density at radius 1 is 1.17 bits per heavy atom. The molecule has 0 unspecified atom stereocenters. The highest BCUT2D eigenvalue weighted by molar-refractivity contribution is 8.00. The summed E-state index contributed by atoms with van der Waals surface area (Å²) in [5.41, 5.74) is 0.942. The Kier molecular flexibility index (Phi) is 7.26. The standard InChI is InChI=1S/C17H24N2O3S/c1-22-15-8-4-3-7-14(15)11-18-16(20)12-23-13-17(21)19-9-5-2-6-10-19/h3-4,7-8H,2,5-6,9-13H2,1H3,(H,18,20). The summed E-state index contributed by atoms with van der Waals surface area (Å²) >= 11 is 1.37. The van der Waals surface area contributed by atoms with Gasteiger partial charge in [-0.25, -0.2) is 0 Å². The number of likely N-dealkylation sites (tertiary alicyclic amines) is 1. The van der Waals surface area contributed by atoms with Gasteiger partial charge in [-0.2, -0.15) is 0 Å². The van der Waals surface area contributed by atoms with E-state index in [1.807, 2.05) is 29.2 Å². The molecule has 1 N–H and O–H groups in total. The van der Waals surface area contributed by atoms with Gasteiger partial charge in [0.25, 0.3) is 0 Å². The van der Waals surface area contributed by atoms with E-state index in [4.69, 9.17) is 4.74 Å². The fourth-order valence-corrected chi connectivity index (χ4v) is 3.31. The van der Waals surface area contributed by atoms with Crippen LogP contribution in [0.4, 0.5) is 0 Å². The maximum Gasteiger partial charge on any atom is 0.232 e. The molecule has 0 atom stereocenters. The summed E-state index contributed by atoms with van der Waals surface area (Å²) < 4.78 is 5.25. The number of piperidine rings is 1. The van der Waals surface area contributed by atoms with Gasteiger partial charge in [-0.3, -0.25) is 9.59 Å². The average molecular weight is 336 g/mol. The fraction of sp³-hybridized carbons (Fsp3) is 0.529. The average Bonchev–Trinajstić information content (AvgIpc) is 2.60. The van der Waals surface area contributed by atoms with Gasteiger partial charge in [0.15, 0.2) is 0 Å². The molecular weight excluding hydrogens is 312 g/mol. The molecule has 0 radical (unpaired) electrons. The second kappa shape index (κ2) is 9.45. The molecule has 0 aliphatic carbocycles. The van der Waals surface area contributed by atoms with E-state index in [1.54, 1.807) is 7.11 Å².